The van der Waals surface area contributed by atoms with E-state index in [-0.39, 0.29) is 18.1 Å². The van der Waals surface area contributed by atoms with Gasteiger partial charge in [0.05, 0.1) is 11.7 Å². The summed E-state index contributed by atoms with van der Waals surface area (Å²) in [5.74, 6) is 0.249. The van der Waals surface area contributed by atoms with E-state index in [9.17, 15) is 15.0 Å². The van der Waals surface area contributed by atoms with Gasteiger partial charge in [0, 0.05) is 19.6 Å². The number of nitrogens with one attached hydrogen (secondary N) is 1. The predicted octanol–water partition coefficient (Wildman–Crippen LogP) is 2.71. The van der Waals surface area contributed by atoms with Gasteiger partial charge in [0.2, 0.25) is 0 Å². The van der Waals surface area contributed by atoms with Crippen LogP contribution in [0.4, 0.5) is 4.79 Å². The second-order valence-corrected chi connectivity index (χ2v) is 7.99. The van der Waals surface area contributed by atoms with Gasteiger partial charge >= 0.3 is 6.03 Å². The predicted molar refractivity (Wildman–Crippen MR) is 102 cm³/mol. The maximum absolute atomic E-state index is 12.3. The van der Waals surface area contributed by atoms with Crippen molar-refractivity contribution >= 4 is 6.03 Å². The van der Waals surface area contributed by atoms with Gasteiger partial charge in [-0.15, -0.1) is 0 Å². The molecule has 1 saturated heterocycles. The molecule has 3 N–H and O–H groups in total. The lowest BCUT2D eigenvalue weighted by Crippen LogP contribution is -2.47. The van der Waals surface area contributed by atoms with Crippen molar-refractivity contribution in [2.75, 3.05) is 19.6 Å². The largest absolute Gasteiger partial charge is 0.392 e. The molecule has 0 radical (unpaired) electrons. The Morgan fingerprint density at radius 1 is 1.19 bits per heavy atom. The smallest absolute Gasteiger partial charge is 0.317 e. The molecule has 2 aliphatic rings. The van der Waals surface area contributed by atoms with Gasteiger partial charge in [-0.2, -0.15) is 0 Å². The summed E-state index contributed by atoms with van der Waals surface area (Å²) in [5, 5.41) is 23.8. The molecular weight excluding hydrogens is 328 g/mol. The second-order valence-electron chi connectivity index (χ2n) is 7.99. The molecular formula is C21H32N2O3. The highest BCUT2D eigenvalue weighted by atomic mass is 16.3. The van der Waals surface area contributed by atoms with Gasteiger partial charge in [-0.25, -0.2) is 4.79 Å². The number of likely N-dealkylation sites (tertiary alicyclic amines) is 1. The number of nitrogens with zero attached hydrogens (tertiary/aromatic N) is 1. The minimum Gasteiger partial charge on any atom is -0.392 e. The molecule has 5 nitrogen and oxygen atoms in total. The molecule has 1 aromatic rings. The van der Waals surface area contributed by atoms with Crippen LogP contribution in [0.1, 0.15) is 50.5 Å². The van der Waals surface area contributed by atoms with Crippen LogP contribution >= 0.6 is 0 Å². The molecule has 1 saturated carbocycles. The molecule has 0 spiro atoms. The van der Waals surface area contributed by atoms with E-state index in [0.29, 0.717) is 32.5 Å². The summed E-state index contributed by atoms with van der Waals surface area (Å²) in [6.45, 7) is 1.91. The summed E-state index contributed by atoms with van der Waals surface area (Å²) >= 11 is 0. The number of benzene rings is 1. The van der Waals surface area contributed by atoms with Crippen LogP contribution in [-0.4, -0.2) is 52.5 Å². The molecule has 1 aromatic carbocycles. The number of hydrogen-bond donors (Lipinski definition) is 3. The highest BCUT2D eigenvalue weighted by Gasteiger charge is 2.31. The van der Waals surface area contributed by atoms with E-state index in [2.05, 4.69) is 5.32 Å². The Hall–Kier alpha value is -1.59. The number of urea groups is 1. The fourth-order valence-corrected chi connectivity index (χ4v) is 4.31. The first-order valence-corrected chi connectivity index (χ1v) is 10.0. The lowest BCUT2D eigenvalue weighted by atomic mass is 9.88. The van der Waals surface area contributed by atoms with Crippen LogP contribution < -0.4 is 5.32 Å². The minimum atomic E-state index is -0.568. The molecule has 1 atom stereocenters. The molecule has 144 valence electrons. The molecule has 3 rings (SSSR count). The molecule has 2 amide bonds. The third-order valence-corrected chi connectivity index (χ3v) is 6.06. The van der Waals surface area contributed by atoms with Crippen LogP contribution in [0.15, 0.2) is 30.3 Å². The average molecular weight is 360 g/mol. The van der Waals surface area contributed by atoms with Crippen LogP contribution in [0.25, 0.3) is 0 Å². The molecule has 2 fully saturated rings. The van der Waals surface area contributed by atoms with E-state index >= 15 is 0 Å². The third kappa shape index (κ3) is 5.21. The average Bonchev–Trinajstić information content (AvgIpc) is 3.09. The van der Waals surface area contributed by atoms with Crippen LogP contribution in [0.3, 0.4) is 0 Å². The van der Waals surface area contributed by atoms with Crippen LogP contribution in [0.5, 0.6) is 0 Å². The molecule has 0 bridgehead atoms. The van der Waals surface area contributed by atoms with Crippen molar-refractivity contribution in [3.63, 3.8) is 0 Å². The lowest BCUT2D eigenvalue weighted by molar-refractivity contribution is 0.0388. The zero-order chi connectivity index (χ0) is 18.4. The molecule has 5 heteroatoms. The highest BCUT2D eigenvalue weighted by molar-refractivity contribution is 5.74. The van der Waals surface area contributed by atoms with Crippen molar-refractivity contribution in [1.82, 2.24) is 10.2 Å². The Morgan fingerprint density at radius 3 is 2.50 bits per heavy atom. The van der Waals surface area contributed by atoms with Crippen LogP contribution in [0, 0.1) is 5.92 Å². The number of piperidine rings is 1. The number of carbonyl (C=O) groups excluding carboxylic acids is 1. The first-order chi connectivity index (χ1) is 12.6. The Kier molecular flexibility index (Phi) is 6.54. The molecule has 1 aliphatic heterocycles. The van der Waals surface area contributed by atoms with Gasteiger partial charge in [0.25, 0.3) is 0 Å². The summed E-state index contributed by atoms with van der Waals surface area (Å²) in [4.78, 5) is 14.2. The maximum Gasteiger partial charge on any atom is 0.317 e. The Morgan fingerprint density at radius 2 is 1.85 bits per heavy atom. The van der Waals surface area contributed by atoms with Gasteiger partial charge in [-0.05, 0) is 50.0 Å². The number of aliphatic hydroxyl groups excluding tert-OH is 1. The van der Waals surface area contributed by atoms with Gasteiger partial charge in [-0.3, -0.25) is 0 Å². The molecule has 1 heterocycles. The van der Waals surface area contributed by atoms with E-state index in [1.54, 1.807) is 0 Å². The maximum atomic E-state index is 12.3. The zero-order valence-corrected chi connectivity index (χ0v) is 15.6. The summed E-state index contributed by atoms with van der Waals surface area (Å²) in [6, 6.07) is 10.0. The van der Waals surface area contributed by atoms with Gasteiger partial charge in [0.15, 0.2) is 0 Å². The summed E-state index contributed by atoms with van der Waals surface area (Å²) in [6.07, 6.45) is 6.53. The van der Waals surface area contributed by atoms with Crippen molar-refractivity contribution in [1.29, 1.82) is 0 Å². The van der Waals surface area contributed by atoms with Gasteiger partial charge in [0.1, 0.15) is 0 Å². The Labute approximate surface area is 156 Å². The van der Waals surface area contributed by atoms with Crippen molar-refractivity contribution in [2.45, 2.75) is 63.1 Å². The first-order valence-electron chi connectivity index (χ1n) is 10.0. The van der Waals surface area contributed by atoms with Crippen molar-refractivity contribution in [3.05, 3.63) is 35.9 Å². The standard InChI is InChI=1S/C21H32N2O3/c24-19(16-17-6-2-1-3-7-17)18-8-14-23(15-9-18)20(25)22-13-12-21(26)10-4-5-11-21/h1-3,6-7,18-19,24,26H,4-5,8-16H2,(H,22,25)/t19-/m0/s1. The van der Waals surface area contributed by atoms with E-state index < -0.39 is 5.60 Å². The minimum absolute atomic E-state index is 0.0393. The van der Waals surface area contributed by atoms with Crippen molar-refractivity contribution in [3.8, 4) is 0 Å². The van der Waals surface area contributed by atoms with E-state index in [0.717, 1.165) is 44.1 Å². The highest BCUT2D eigenvalue weighted by Crippen LogP contribution is 2.31. The topological polar surface area (TPSA) is 72.8 Å². The van der Waals surface area contributed by atoms with Gasteiger partial charge in [-0.1, -0.05) is 43.2 Å². The summed E-state index contributed by atoms with van der Waals surface area (Å²) in [7, 11) is 0. The lowest BCUT2D eigenvalue weighted by Gasteiger charge is -2.34. The molecule has 1 aliphatic carbocycles. The van der Waals surface area contributed by atoms with E-state index in [4.69, 9.17) is 0 Å². The first kappa shape index (κ1) is 19.2. The van der Waals surface area contributed by atoms with E-state index in [1.807, 2.05) is 35.2 Å². The number of amides is 2. The van der Waals surface area contributed by atoms with Crippen molar-refractivity contribution in [2.24, 2.45) is 5.92 Å². The van der Waals surface area contributed by atoms with Crippen molar-refractivity contribution < 1.29 is 15.0 Å². The number of hydrogen-bond acceptors (Lipinski definition) is 3. The summed E-state index contributed by atoms with van der Waals surface area (Å²) < 4.78 is 0. The Balaban J connectivity index is 1.36. The normalized spacial score (nSPS) is 21.5. The molecule has 0 aromatic heterocycles. The van der Waals surface area contributed by atoms with Crippen LogP contribution in [-0.2, 0) is 6.42 Å². The quantitative estimate of drug-likeness (QED) is 0.730. The number of carbonyl (C=O) groups is 1. The van der Waals surface area contributed by atoms with Gasteiger partial charge < -0.3 is 20.4 Å². The monoisotopic (exact) mass is 360 g/mol. The fourth-order valence-electron chi connectivity index (χ4n) is 4.31. The number of aliphatic hydroxyl groups is 2. The second kappa shape index (κ2) is 8.87. The summed E-state index contributed by atoms with van der Waals surface area (Å²) in [5.41, 5.74) is 0.590. The number of rotatable bonds is 6. The molecule has 0 unspecified atom stereocenters. The fraction of sp³-hybridized carbons (Fsp3) is 0.667. The third-order valence-electron chi connectivity index (χ3n) is 6.06. The Bertz CT molecular complexity index is 564. The van der Waals surface area contributed by atoms with Crippen LogP contribution in [0.2, 0.25) is 0 Å². The zero-order valence-electron chi connectivity index (χ0n) is 15.6. The van der Waals surface area contributed by atoms with E-state index in [1.165, 1.54) is 0 Å². The molecule has 26 heavy (non-hydrogen) atoms. The SMILES string of the molecule is O=C(NCCC1(O)CCCC1)N1CCC([C@@H](O)Cc2ccccc2)CC1.